The molecular weight excluding hydrogens is 1050 g/mol. The number of nitrogens with one attached hydrogen (secondary N) is 2. The van der Waals surface area contributed by atoms with Crippen LogP contribution in [0.3, 0.4) is 0 Å². The summed E-state index contributed by atoms with van der Waals surface area (Å²) in [5.41, 5.74) is 1.42. The number of rotatable bonds is 28. The van der Waals surface area contributed by atoms with Crippen molar-refractivity contribution < 1.29 is 28.8 Å². The van der Waals surface area contributed by atoms with Gasteiger partial charge in [-0.1, -0.05) is 145 Å². The number of hydrogen-bond donors (Lipinski definition) is 2. The highest BCUT2D eigenvalue weighted by atomic mass is 79.9. The van der Waals surface area contributed by atoms with Crippen molar-refractivity contribution >= 4 is 67.2 Å². The second-order valence-corrected chi connectivity index (χ2v) is 24.8. The first kappa shape index (κ1) is 63.7. The van der Waals surface area contributed by atoms with Gasteiger partial charge in [0.05, 0.1) is 6.04 Å². The largest absolute Gasteiger partial charge is 0.344 e. The molecule has 6 atom stereocenters. The Balaban J connectivity index is 0.0000141. The molecule has 2 aromatic carbocycles. The summed E-state index contributed by atoms with van der Waals surface area (Å²) < 4.78 is 2.01. The van der Waals surface area contributed by atoms with E-state index in [1.807, 2.05) is 106 Å². The summed E-state index contributed by atoms with van der Waals surface area (Å²) in [4.78, 5) is 90.7. The van der Waals surface area contributed by atoms with Crippen molar-refractivity contribution in [1.82, 2.24) is 30.2 Å². The number of ketones is 1. The lowest BCUT2D eigenvalue weighted by Crippen LogP contribution is -2.57. The van der Waals surface area contributed by atoms with Gasteiger partial charge in [-0.05, 0) is 118 Å². The minimum atomic E-state index is -0.657. The van der Waals surface area contributed by atoms with Crippen molar-refractivity contribution in [3.63, 3.8) is 0 Å². The summed E-state index contributed by atoms with van der Waals surface area (Å²) in [7, 11) is 1.76. The van der Waals surface area contributed by atoms with Gasteiger partial charge in [-0.25, -0.2) is 0 Å². The first-order valence-electron chi connectivity index (χ1n) is 27.2. The zero-order valence-electron chi connectivity index (χ0n) is 45.6. The highest BCUT2D eigenvalue weighted by Crippen LogP contribution is 2.34. The minimum Gasteiger partial charge on any atom is -0.344 e. The number of Topliss-reactive ketones (excluding diaryl/α,β-unsaturated/α-hetero) is 1. The average Bonchev–Trinajstić information content (AvgIpc) is 4.02. The van der Waals surface area contributed by atoms with E-state index in [9.17, 15) is 28.8 Å². The van der Waals surface area contributed by atoms with Crippen LogP contribution >= 0.6 is 31.9 Å². The number of hydrogen-bond acceptors (Lipinski definition) is 7. The molecule has 2 aliphatic rings. The van der Waals surface area contributed by atoms with Crippen molar-refractivity contribution in [2.45, 2.75) is 197 Å². The van der Waals surface area contributed by atoms with Crippen LogP contribution in [0.15, 0.2) is 57.5 Å². The van der Waals surface area contributed by atoms with E-state index >= 15 is 0 Å². The van der Waals surface area contributed by atoms with Gasteiger partial charge in [0.1, 0.15) is 11.8 Å². The maximum Gasteiger partial charge on any atom is 0.246 e. The maximum absolute atomic E-state index is 14.3. The fraction of sp³-hybridized carbons (Fsp3) is 0.695. The highest BCUT2D eigenvalue weighted by molar-refractivity contribution is 9.10. The second kappa shape index (κ2) is 30.8. The zero-order chi connectivity index (χ0) is 53.2. The molecule has 0 bridgehead atoms. The smallest absolute Gasteiger partial charge is 0.246 e. The molecule has 0 radical (unpaired) electrons. The van der Waals surface area contributed by atoms with Crippen LogP contribution < -0.4 is 10.6 Å². The molecule has 2 fully saturated rings. The molecule has 2 aromatic rings. The molecule has 12 nitrogen and oxygen atoms in total. The maximum atomic E-state index is 14.3. The first-order chi connectivity index (χ1) is 34.0. The Morgan fingerprint density at radius 2 is 1.08 bits per heavy atom. The van der Waals surface area contributed by atoms with E-state index in [0.717, 1.165) is 84.3 Å². The van der Waals surface area contributed by atoms with Crippen molar-refractivity contribution in [1.29, 1.82) is 0 Å². The third-order valence-corrected chi connectivity index (χ3v) is 16.3. The zero-order valence-corrected chi connectivity index (χ0v) is 48.8. The van der Waals surface area contributed by atoms with Crippen LogP contribution in [-0.4, -0.2) is 125 Å². The van der Waals surface area contributed by atoms with Crippen LogP contribution in [0, 0.1) is 22.7 Å². The number of likely N-dealkylation sites (N-methyl/N-ethyl adjacent to an activating group) is 1. The lowest BCUT2D eigenvalue weighted by molar-refractivity contribution is -0.144. The van der Waals surface area contributed by atoms with Gasteiger partial charge in [0.2, 0.25) is 29.5 Å². The Bertz CT molecular complexity index is 1910. The number of halogens is 2. The molecule has 4 rings (SSSR count). The van der Waals surface area contributed by atoms with Gasteiger partial charge in [0, 0.05) is 91.4 Å². The van der Waals surface area contributed by atoms with Gasteiger partial charge < -0.3 is 30.2 Å². The second-order valence-electron chi connectivity index (χ2n) is 22.9. The SMILES string of the molecule is C.CC[C@@H](C)C(=O)N[C@H](C(=O)N1CCC[C@H]1CN(CCc1ccc(Br)cc1)C(=O)CCCCCCCCC(=O)N(CCc1ccc(Br)cc1)C[C@@H]1CCCN1C(=O)[C@@H](CC(=O)[C@H](C)NC)C(C)(C)C)C(C)(C)C. The molecule has 0 aliphatic carbocycles. The standard InChI is InChI=1S/C58H90Br2N6O6.CH4/c1-11-41(2)54(70)62-53(58(7,8)9)56(72)66-35-19-21-48(66)40-64(37-33-44-26-30-46(60)31-27-44)52(69)23-17-15-13-12-14-16-22-51(68)63(36-32-43-24-28-45(59)29-25-43)39-47-20-18-34-65(47)55(71)49(57(4,5)6)38-50(67)42(3)61-10;/h24-31,41-42,47-49,53,61H,11-23,32-40H2,1-10H3,(H,62,70);1H4/t41-,42+,47+,48+,49-,53-;/m1./s1. The molecule has 2 saturated heterocycles. The molecular formula is C59H94Br2N6O6. The van der Waals surface area contributed by atoms with Crippen molar-refractivity contribution in [3.8, 4) is 0 Å². The van der Waals surface area contributed by atoms with Gasteiger partial charge in [-0.3, -0.25) is 28.8 Å². The van der Waals surface area contributed by atoms with Gasteiger partial charge in [0.15, 0.2) is 0 Å². The Labute approximate surface area is 457 Å². The molecule has 0 aromatic heterocycles. The lowest BCUT2D eigenvalue weighted by atomic mass is 9.76. The topological polar surface area (TPSA) is 139 Å². The molecule has 0 spiro atoms. The number of likely N-dealkylation sites (tertiary alicyclic amines) is 2. The third-order valence-electron chi connectivity index (χ3n) is 15.2. The minimum absolute atomic E-state index is 0. The predicted octanol–water partition coefficient (Wildman–Crippen LogP) is 11.2. The molecule has 2 aliphatic heterocycles. The lowest BCUT2D eigenvalue weighted by Gasteiger charge is -2.37. The van der Waals surface area contributed by atoms with Crippen LogP contribution in [0.25, 0.3) is 0 Å². The number of nitrogens with zero attached hydrogens (tertiary/aromatic N) is 4. The van der Waals surface area contributed by atoms with E-state index in [2.05, 4.69) is 66.8 Å². The number of amides is 5. The fourth-order valence-electron chi connectivity index (χ4n) is 9.97. The van der Waals surface area contributed by atoms with Crippen LogP contribution in [-0.2, 0) is 41.6 Å². The average molecular weight is 1140 g/mol. The molecule has 410 valence electrons. The molecule has 2 N–H and O–H groups in total. The van der Waals surface area contributed by atoms with E-state index < -0.39 is 22.8 Å². The first-order valence-corrected chi connectivity index (χ1v) is 28.8. The predicted molar refractivity (Wildman–Crippen MR) is 304 cm³/mol. The molecule has 0 saturated carbocycles. The molecule has 14 heteroatoms. The van der Waals surface area contributed by atoms with Crippen molar-refractivity contribution in [2.75, 3.05) is 46.3 Å². The summed E-state index contributed by atoms with van der Waals surface area (Å²) in [6, 6.07) is 15.2. The Morgan fingerprint density at radius 3 is 1.48 bits per heavy atom. The van der Waals surface area contributed by atoms with Gasteiger partial charge in [0.25, 0.3) is 0 Å². The summed E-state index contributed by atoms with van der Waals surface area (Å²) >= 11 is 7.07. The summed E-state index contributed by atoms with van der Waals surface area (Å²) in [5.74, 6) is -0.554. The van der Waals surface area contributed by atoms with Crippen molar-refractivity contribution in [2.24, 2.45) is 22.7 Å². The molecule has 2 heterocycles. The van der Waals surface area contributed by atoms with Crippen LogP contribution in [0.1, 0.15) is 171 Å². The van der Waals surface area contributed by atoms with E-state index in [-0.39, 0.29) is 73.2 Å². The van der Waals surface area contributed by atoms with Crippen molar-refractivity contribution in [3.05, 3.63) is 68.6 Å². The fourth-order valence-corrected chi connectivity index (χ4v) is 10.5. The normalized spacial score (nSPS) is 17.6. The highest BCUT2D eigenvalue weighted by Gasteiger charge is 2.42. The Kier molecular flexibility index (Phi) is 26.9. The molecule has 73 heavy (non-hydrogen) atoms. The Hall–Kier alpha value is -3.62. The third kappa shape index (κ3) is 20.5. The molecule has 5 amide bonds. The molecule has 0 unspecified atom stereocenters. The number of carbonyl (C=O) groups is 6. The van der Waals surface area contributed by atoms with E-state index in [4.69, 9.17) is 0 Å². The van der Waals surface area contributed by atoms with E-state index in [1.165, 1.54) is 0 Å². The summed E-state index contributed by atoms with van der Waals surface area (Å²) in [5, 5.41) is 6.11. The monoisotopic (exact) mass is 1140 g/mol. The van der Waals surface area contributed by atoms with Gasteiger partial charge in [-0.15, -0.1) is 0 Å². The van der Waals surface area contributed by atoms with Gasteiger partial charge >= 0.3 is 0 Å². The summed E-state index contributed by atoms with van der Waals surface area (Å²) in [6.07, 6.45) is 11.9. The number of unbranched alkanes of at least 4 members (excludes halogenated alkanes) is 5. The van der Waals surface area contributed by atoms with E-state index in [0.29, 0.717) is 71.4 Å². The van der Waals surface area contributed by atoms with Crippen LogP contribution in [0.4, 0.5) is 0 Å². The van der Waals surface area contributed by atoms with E-state index in [1.54, 1.807) is 7.05 Å². The Morgan fingerprint density at radius 1 is 0.658 bits per heavy atom. The van der Waals surface area contributed by atoms with Gasteiger partial charge in [-0.2, -0.15) is 0 Å². The number of carbonyl (C=O) groups excluding carboxylic acids is 6. The summed E-state index contributed by atoms with van der Waals surface area (Å²) in [6.45, 7) is 21.1. The number of benzene rings is 2. The van der Waals surface area contributed by atoms with Crippen LogP contribution in [0.5, 0.6) is 0 Å². The quantitative estimate of drug-likeness (QED) is 0.0809. The van der Waals surface area contributed by atoms with Crippen LogP contribution in [0.2, 0.25) is 0 Å².